The number of nitrogens with one attached hydrogen (secondary N) is 1. The third kappa shape index (κ3) is 10.6. The number of nitrogens with zero attached hydrogens (tertiary/aromatic N) is 1. The second-order valence-corrected chi connectivity index (χ2v) is 11.8. The Hall–Kier alpha value is -1.32. The van der Waals surface area contributed by atoms with Crippen LogP contribution in [0.4, 0.5) is 0 Å². The first-order chi connectivity index (χ1) is 17.6. The van der Waals surface area contributed by atoms with E-state index in [2.05, 4.69) is 43.1 Å². The summed E-state index contributed by atoms with van der Waals surface area (Å²) in [6.45, 7) is 9.17. The number of amides is 2. The van der Waals surface area contributed by atoms with Crippen LogP contribution in [-0.4, -0.2) is 36.3 Å². The van der Waals surface area contributed by atoms with E-state index in [9.17, 15) is 9.59 Å². The monoisotopic (exact) mass is 502 g/mol. The molecule has 0 spiro atoms. The highest BCUT2D eigenvalue weighted by molar-refractivity contribution is 5.87. The van der Waals surface area contributed by atoms with Crippen molar-refractivity contribution >= 4 is 11.8 Å². The van der Waals surface area contributed by atoms with Crippen LogP contribution in [0, 0.1) is 17.3 Å². The molecule has 0 heterocycles. The maximum Gasteiger partial charge on any atom is 0.224 e. The molecule has 3 atom stereocenters. The molecule has 208 valence electrons. The fourth-order valence-corrected chi connectivity index (χ4v) is 6.32. The molecule has 4 nitrogen and oxygen atoms in total. The highest BCUT2D eigenvalue weighted by Gasteiger charge is 2.49. The average Bonchev–Trinajstić information content (AvgIpc) is 3.50. The summed E-state index contributed by atoms with van der Waals surface area (Å²) in [5.74, 6) is 0.726. The molecule has 1 saturated carbocycles. The number of hydrogen-bond donors (Lipinski definition) is 1. The molecule has 0 radical (unpaired) electrons. The van der Waals surface area contributed by atoms with Gasteiger partial charge in [-0.05, 0) is 44.4 Å². The zero-order valence-electron chi connectivity index (χ0n) is 24.1. The largest absolute Gasteiger partial charge is 0.356 e. The first-order valence-electron chi connectivity index (χ1n) is 15.8. The topological polar surface area (TPSA) is 49.4 Å². The maximum absolute atomic E-state index is 13.7. The van der Waals surface area contributed by atoms with Gasteiger partial charge in [0.25, 0.3) is 0 Å². The molecule has 0 aromatic carbocycles. The highest BCUT2D eigenvalue weighted by Crippen LogP contribution is 2.54. The number of fused-ring (bicyclic) bond motifs is 2. The van der Waals surface area contributed by atoms with Gasteiger partial charge < -0.3 is 10.2 Å². The van der Waals surface area contributed by atoms with Gasteiger partial charge in [0.1, 0.15) is 0 Å². The average molecular weight is 503 g/mol. The van der Waals surface area contributed by atoms with Crippen molar-refractivity contribution in [2.75, 3.05) is 19.6 Å². The molecule has 0 aromatic heterocycles. The zero-order valence-corrected chi connectivity index (χ0v) is 24.1. The Kier molecular flexibility index (Phi) is 15.5. The Balaban J connectivity index is 1.98. The summed E-state index contributed by atoms with van der Waals surface area (Å²) < 4.78 is 0. The Bertz CT molecular complexity index is 632. The minimum Gasteiger partial charge on any atom is -0.356 e. The van der Waals surface area contributed by atoms with E-state index in [1.807, 2.05) is 0 Å². The fourth-order valence-electron chi connectivity index (χ4n) is 6.32. The van der Waals surface area contributed by atoms with Gasteiger partial charge >= 0.3 is 0 Å². The number of carbonyl (C=O) groups excluding carboxylic acids is 2. The lowest BCUT2D eigenvalue weighted by Crippen LogP contribution is -2.44. The molecule has 2 bridgehead atoms. The molecule has 4 heteroatoms. The molecule has 2 rings (SSSR count). The van der Waals surface area contributed by atoms with Gasteiger partial charge in [0.05, 0.1) is 5.92 Å². The van der Waals surface area contributed by atoms with Crippen LogP contribution in [0.5, 0.6) is 0 Å². The van der Waals surface area contributed by atoms with Gasteiger partial charge in [-0.2, -0.15) is 0 Å². The Morgan fingerprint density at radius 2 is 1.39 bits per heavy atom. The van der Waals surface area contributed by atoms with Gasteiger partial charge in [-0.15, -0.1) is 0 Å². The van der Waals surface area contributed by atoms with Gasteiger partial charge in [0, 0.05) is 31.5 Å². The molecule has 0 saturated heterocycles. The molecule has 2 aliphatic rings. The Morgan fingerprint density at radius 3 is 1.86 bits per heavy atom. The summed E-state index contributed by atoms with van der Waals surface area (Å²) in [6.07, 6.45) is 26.4. The summed E-state index contributed by atoms with van der Waals surface area (Å²) >= 11 is 0. The van der Waals surface area contributed by atoms with E-state index >= 15 is 0 Å². The summed E-state index contributed by atoms with van der Waals surface area (Å²) in [4.78, 5) is 29.3. The van der Waals surface area contributed by atoms with E-state index in [-0.39, 0.29) is 23.1 Å². The van der Waals surface area contributed by atoms with Crippen LogP contribution in [0.15, 0.2) is 12.2 Å². The van der Waals surface area contributed by atoms with Crippen molar-refractivity contribution in [3.05, 3.63) is 12.2 Å². The van der Waals surface area contributed by atoms with Crippen molar-refractivity contribution in [1.29, 1.82) is 0 Å². The number of allylic oxidation sites excluding steroid dienone is 2. The number of hydrogen-bond acceptors (Lipinski definition) is 2. The fraction of sp³-hybridized carbons (Fsp3) is 0.875. The van der Waals surface area contributed by atoms with E-state index in [0.717, 1.165) is 51.7 Å². The third-order valence-corrected chi connectivity index (χ3v) is 8.71. The van der Waals surface area contributed by atoms with Gasteiger partial charge in [0.2, 0.25) is 11.8 Å². The molecule has 3 unspecified atom stereocenters. The lowest BCUT2D eigenvalue weighted by molar-refractivity contribution is -0.139. The van der Waals surface area contributed by atoms with Crippen molar-refractivity contribution < 1.29 is 9.59 Å². The van der Waals surface area contributed by atoms with Gasteiger partial charge in [0.15, 0.2) is 0 Å². The Morgan fingerprint density at radius 1 is 0.833 bits per heavy atom. The second-order valence-electron chi connectivity index (χ2n) is 11.8. The summed E-state index contributed by atoms with van der Waals surface area (Å²) in [7, 11) is 0. The quantitative estimate of drug-likeness (QED) is 0.120. The van der Waals surface area contributed by atoms with Gasteiger partial charge in [-0.3, -0.25) is 9.59 Å². The van der Waals surface area contributed by atoms with Crippen LogP contribution >= 0.6 is 0 Å². The van der Waals surface area contributed by atoms with Crippen LogP contribution in [0.3, 0.4) is 0 Å². The smallest absolute Gasteiger partial charge is 0.224 e. The lowest BCUT2D eigenvalue weighted by atomic mass is 9.72. The number of unbranched alkanes of at least 4 members (excludes halogenated alkanes) is 12. The molecule has 0 aromatic rings. The molecule has 0 aliphatic heterocycles. The molecule has 2 amide bonds. The number of carbonyl (C=O) groups is 2. The predicted octanol–water partition coefficient (Wildman–Crippen LogP) is 8.21. The predicted molar refractivity (Wildman–Crippen MR) is 153 cm³/mol. The third-order valence-electron chi connectivity index (χ3n) is 8.71. The van der Waals surface area contributed by atoms with Crippen LogP contribution in [0.1, 0.15) is 143 Å². The normalized spacial score (nSPS) is 21.1. The van der Waals surface area contributed by atoms with Crippen LogP contribution in [-0.2, 0) is 9.59 Å². The molecule has 1 N–H and O–H groups in total. The van der Waals surface area contributed by atoms with Crippen molar-refractivity contribution in [2.45, 2.75) is 143 Å². The molecular formula is C32H58N2O2. The van der Waals surface area contributed by atoms with E-state index in [1.165, 1.54) is 83.5 Å². The van der Waals surface area contributed by atoms with Crippen LogP contribution in [0.2, 0.25) is 0 Å². The number of rotatable bonds is 22. The second kappa shape index (κ2) is 18.0. The minimum absolute atomic E-state index is 0.0967. The zero-order chi connectivity index (χ0) is 26.1. The molecular weight excluding hydrogens is 444 g/mol. The maximum atomic E-state index is 13.7. The minimum atomic E-state index is -0.216. The van der Waals surface area contributed by atoms with E-state index < -0.39 is 0 Å². The summed E-state index contributed by atoms with van der Waals surface area (Å²) in [6, 6.07) is 0. The lowest BCUT2D eigenvalue weighted by Gasteiger charge is -2.34. The SMILES string of the molecule is CCCCCCCNC(=O)C(CC(=O)N(CCCCCCC)CCCCCCC)C12C=CC(CC1)C2. The molecule has 36 heavy (non-hydrogen) atoms. The van der Waals surface area contributed by atoms with Crippen molar-refractivity contribution in [2.24, 2.45) is 17.3 Å². The van der Waals surface area contributed by atoms with Crippen LogP contribution in [0.25, 0.3) is 0 Å². The van der Waals surface area contributed by atoms with Crippen molar-refractivity contribution in [3.8, 4) is 0 Å². The summed E-state index contributed by atoms with van der Waals surface area (Å²) in [5, 5.41) is 3.25. The molecule has 2 aliphatic carbocycles. The summed E-state index contributed by atoms with van der Waals surface area (Å²) in [5.41, 5.74) is -0.0967. The van der Waals surface area contributed by atoms with E-state index in [4.69, 9.17) is 0 Å². The first-order valence-corrected chi connectivity index (χ1v) is 15.8. The van der Waals surface area contributed by atoms with Crippen LogP contribution < -0.4 is 5.32 Å². The highest BCUT2D eigenvalue weighted by atomic mass is 16.2. The Labute approximate surface area is 223 Å². The standard InChI is InChI=1S/C32H58N2O2/c1-4-7-10-13-16-23-33-31(36)29(32-21-19-28(27-32)20-22-32)26-30(35)34(24-17-14-11-8-5-2)25-18-15-12-9-6-3/h19,21,28-29H,4-18,20,22-27H2,1-3H3,(H,33,36). The van der Waals surface area contributed by atoms with E-state index in [1.54, 1.807) is 0 Å². The van der Waals surface area contributed by atoms with Gasteiger partial charge in [-0.1, -0.05) is 110 Å². The van der Waals surface area contributed by atoms with Crippen molar-refractivity contribution in [3.63, 3.8) is 0 Å². The first kappa shape index (κ1) is 30.9. The van der Waals surface area contributed by atoms with Crippen molar-refractivity contribution in [1.82, 2.24) is 10.2 Å². The van der Waals surface area contributed by atoms with E-state index in [0.29, 0.717) is 12.3 Å². The molecule has 1 fully saturated rings. The van der Waals surface area contributed by atoms with Gasteiger partial charge in [-0.25, -0.2) is 0 Å².